The van der Waals surface area contributed by atoms with Crippen LogP contribution in [0.2, 0.25) is 0 Å². The fraction of sp³-hybridized carbons (Fsp3) is 0.364. The van der Waals surface area contributed by atoms with Gasteiger partial charge in [-0.15, -0.1) is 0 Å². The highest BCUT2D eigenvalue weighted by Crippen LogP contribution is 2.24. The normalized spacial score (nSPS) is 14.0. The molecule has 0 saturated heterocycles. The summed E-state index contributed by atoms with van der Waals surface area (Å²) in [6, 6.07) is 8.22. The molecule has 0 atom stereocenters. The monoisotopic (exact) mass is 406 g/mol. The first-order valence-corrected chi connectivity index (χ1v) is 10.1. The molecule has 0 fully saturated rings. The molecule has 0 saturated carbocycles. The van der Waals surface area contributed by atoms with Crippen LogP contribution in [0.1, 0.15) is 39.3 Å². The molecule has 4 rings (SSSR count). The number of primary amides is 1. The predicted octanol–water partition coefficient (Wildman–Crippen LogP) is 1.86. The van der Waals surface area contributed by atoms with E-state index in [0.717, 1.165) is 29.1 Å². The van der Waals surface area contributed by atoms with Crippen molar-refractivity contribution in [2.75, 3.05) is 25.0 Å². The van der Waals surface area contributed by atoms with Gasteiger partial charge in [-0.05, 0) is 37.5 Å². The van der Waals surface area contributed by atoms with Gasteiger partial charge in [0.15, 0.2) is 5.65 Å². The van der Waals surface area contributed by atoms with Gasteiger partial charge in [-0.1, -0.05) is 18.2 Å². The van der Waals surface area contributed by atoms with E-state index in [9.17, 15) is 9.59 Å². The topological polar surface area (TPSA) is 96.8 Å². The number of nitrogens with two attached hydrogens (primary N) is 1. The average Bonchev–Trinajstić information content (AvgIpc) is 3.07. The number of nitrogens with zero attached hydrogens (tertiary/aromatic N) is 5. The van der Waals surface area contributed by atoms with Crippen molar-refractivity contribution in [3.05, 3.63) is 58.5 Å². The van der Waals surface area contributed by atoms with Gasteiger partial charge in [0, 0.05) is 50.2 Å². The Bertz CT molecular complexity index is 1140. The molecule has 2 N–H and O–H groups in total. The molecule has 0 radical (unpaired) electrons. The minimum Gasteiger partial charge on any atom is -0.373 e. The van der Waals surface area contributed by atoms with Gasteiger partial charge in [-0.2, -0.15) is 5.10 Å². The summed E-state index contributed by atoms with van der Waals surface area (Å²) < 4.78 is 1.63. The maximum absolute atomic E-state index is 13.0. The zero-order valence-electron chi connectivity index (χ0n) is 17.6. The predicted molar refractivity (Wildman–Crippen MR) is 114 cm³/mol. The Morgan fingerprint density at radius 1 is 1.17 bits per heavy atom. The smallest absolute Gasteiger partial charge is 0.254 e. The standard InChI is InChI=1S/C22H26N6O2/c1-14-17(15(2)28-22(25-14)18(12-24-28)21(23)30)8-9-20(29)27-11-10-26(3)19-7-5-4-6-16(19)13-27/h4-7,12H,8-11,13H2,1-3H3,(H2,23,30). The van der Waals surface area contributed by atoms with Crippen LogP contribution in [0.4, 0.5) is 5.69 Å². The summed E-state index contributed by atoms with van der Waals surface area (Å²) in [5.74, 6) is -0.428. The molecule has 1 aromatic carbocycles. The highest BCUT2D eigenvalue weighted by molar-refractivity contribution is 5.98. The zero-order chi connectivity index (χ0) is 21.4. The molecule has 3 heterocycles. The minimum absolute atomic E-state index is 0.122. The van der Waals surface area contributed by atoms with E-state index in [-0.39, 0.29) is 5.91 Å². The summed E-state index contributed by atoms with van der Waals surface area (Å²) in [5.41, 5.74) is 11.2. The summed E-state index contributed by atoms with van der Waals surface area (Å²) in [4.78, 5) is 33.3. The van der Waals surface area contributed by atoms with Crippen LogP contribution in [0.3, 0.4) is 0 Å². The summed E-state index contributed by atoms with van der Waals surface area (Å²) in [5, 5.41) is 4.26. The molecule has 2 amide bonds. The molecule has 0 unspecified atom stereocenters. The van der Waals surface area contributed by atoms with Crippen molar-refractivity contribution in [2.45, 2.75) is 33.2 Å². The number of hydrogen-bond acceptors (Lipinski definition) is 5. The lowest BCUT2D eigenvalue weighted by Crippen LogP contribution is -2.34. The van der Waals surface area contributed by atoms with Crippen molar-refractivity contribution in [2.24, 2.45) is 5.73 Å². The first-order valence-electron chi connectivity index (χ1n) is 10.1. The minimum atomic E-state index is -0.550. The average molecular weight is 406 g/mol. The molecule has 8 heteroatoms. The van der Waals surface area contributed by atoms with Crippen LogP contribution < -0.4 is 10.6 Å². The van der Waals surface area contributed by atoms with E-state index >= 15 is 0 Å². The summed E-state index contributed by atoms with van der Waals surface area (Å²) in [6.45, 7) is 5.94. The van der Waals surface area contributed by atoms with E-state index in [1.165, 1.54) is 11.9 Å². The summed E-state index contributed by atoms with van der Waals surface area (Å²) in [6.07, 6.45) is 2.40. The quantitative estimate of drug-likeness (QED) is 0.713. The molecule has 0 spiro atoms. The number of hydrogen-bond donors (Lipinski definition) is 1. The van der Waals surface area contributed by atoms with Gasteiger partial charge in [-0.3, -0.25) is 9.59 Å². The second-order valence-electron chi connectivity index (χ2n) is 7.78. The van der Waals surface area contributed by atoms with Gasteiger partial charge < -0.3 is 15.5 Å². The number of fused-ring (bicyclic) bond motifs is 2. The Kier molecular flexibility index (Phi) is 5.15. The number of carbonyl (C=O) groups excluding carboxylic acids is 2. The third-order valence-electron chi connectivity index (χ3n) is 5.89. The lowest BCUT2D eigenvalue weighted by Gasteiger charge is -2.21. The van der Waals surface area contributed by atoms with Crippen LogP contribution in [0.25, 0.3) is 5.65 Å². The molecule has 3 aromatic rings. The van der Waals surface area contributed by atoms with Crippen molar-refractivity contribution in [3.8, 4) is 0 Å². The van der Waals surface area contributed by atoms with E-state index in [4.69, 9.17) is 5.73 Å². The first kappa shape index (κ1) is 19.9. The molecular weight excluding hydrogens is 380 g/mol. The third kappa shape index (κ3) is 3.49. The maximum atomic E-state index is 13.0. The van der Waals surface area contributed by atoms with Crippen LogP contribution >= 0.6 is 0 Å². The number of benzene rings is 1. The number of likely N-dealkylation sites (N-methyl/N-ethyl adjacent to an activating group) is 1. The van der Waals surface area contributed by atoms with Gasteiger partial charge in [0.25, 0.3) is 5.91 Å². The fourth-order valence-electron chi connectivity index (χ4n) is 4.14. The Morgan fingerprint density at radius 3 is 2.70 bits per heavy atom. The second kappa shape index (κ2) is 7.78. The fourth-order valence-corrected chi connectivity index (χ4v) is 4.14. The molecule has 30 heavy (non-hydrogen) atoms. The number of aromatic nitrogens is 3. The first-order chi connectivity index (χ1) is 14.4. The number of carbonyl (C=O) groups is 2. The van der Waals surface area contributed by atoms with E-state index in [1.807, 2.05) is 30.9 Å². The van der Waals surface area contributed by atoms with E-state index < -0.39 is 5.91 Å². The van der Waals surface area contributed by atoms with Gasteiger partial charge in [0.1, 0.15) is 5.56 Å². The molecule has 1 aliphatic rings. The molecule has 1 aliphatic heterocycles. The van der Waals surface area contributed by atoms with Crippen molar-refractivity contribution < 1.29 is 9.59 Å². The van der Waals surface area contributed by atoms with E-state index in [1.54, 1.807) is 4.52 Å². The van der Waals surface area contributed by atoms with Crippen molar-refractivity contribution in [1.82, 2.24) is 19.5 Å². The number of para-hydroxylation sites is 1. The van der Waals surface area contributed by atoms with Gasteiger partial charge in [0.2, 0.25) is 5.91 Å². The molecule has 8 nitrogen and oxygen atoms in total. The Morgan fingerprint density at radius 2 is 1.93 bits per heavy atom. The van der Waals surface area contributed by atoms with E-state index in [0.29, 0.717) is 37.1 Å². The lowest BCUT2D eigenvalue weighted by molar-refractivity contribution is -0.131. The number of amides is 2. The summed E-state index contributed by atoms with van der Waals surface area (Å²) >= 11 is 0. The number of anilines is 1. The lowest BCUT2D eigenvalue weighted by atomic mass is 10.1. The van der Waals surface area contributed by atoms with Gasteiger partial charge in [-0.25, -0.2) is 9.50 Å². The van der Waals surface area contributed by atoms with Crippen molar-refractivity contribution >= 4 is 23.1 Å². The van der Waals surface area contributed by atoms with Crippen molar-refractivity contribution in [3.63, 3.8) is 0 Å². The largest absolute Gasteiger partial charge is 0.373 e. The summed E-state index contributed by atoms with van der Waals surface area (Å²) in [7, 11) is 2.06. The Hall–Kier alpha value is -3.42. The second-order valence-corrected chi connectivity index (χ2v) is 7.78. The van der Waals surface area contributed by atoms with Crippen LogP contribution in [-0.4, -0.2) is 51.4 Å². The number of aryl methyl sites for hydroxylation is 2. The van der Waals surface area contributed by atoms with Gasteiger partial charge in [0.05, 0.1) is 6.20 Å². The Balaban J connectivity index is 1.53. The van der Waals surface area contributed by atoms with E-state index in [2.05, 4.69) is 34.2 Å². The molecule has 0 aliphatic carbocycles. The van der Waals surface area contributed by atoms with Crippen LogP contribution in [0.5, 0.6) is 0 Å². The van der Waals surface area contributed by atoms with Crippen molar-refractivity contribution in [1.29, 1.82) is 0 Å². The van der Waals surface area contributed by atoms with Gasteiger partial charge >= 0.3 is 0 Å². The number of rotatable bonds is 4. The SMILES string of the molecule is Cc1nc2c(C(N)=O)cnn2c(C)c1CCC(=O)N1CCN(C)c2ccccc2C1. The zero-order valence-corrected chi connectivity index (χ0v) is 17.6. The molecule has 0 bridgehead atoms. The highest BCUT2D eigenvalue weighted by Gasteiger charge is 2.22. The van der Waals surface area contributed by atoms with Crippen LogP contribution in [-0.2, 0) is 17.8 Å². The molecular formula is C22H26N6O2. The third-order valence-corrected chi connectivity index (χ3v) is 5.89. The maximum Gasteiger partial charge on any atom is 0.254 e. The van der Waals surface area contributed by atoms with Crippen LogP contribution in [0.15, 0.2) is 30.5 Å². The Labute approximate surface area is 175 Å². The van der Waals surface area contributed by atoms with Crippen LogP contribution in [0, 0.1) is 13.8 Å². The molecule has 156 valence electrons. The highest BCUT2D eigenvalue weighted by atomic mass is 16.2. The molecule has 2 aromatic heterocycles.